The highest BCUT2D eigenvalue weighted by molar-refractivity contribution is 5.90. The molecule has 0 bridgehead atoms. The van der Waals surface area contributed by atoms with Gasteiger partial charge in [-0.1, -0.05) is 19.4 Å². The molecule has 9 heteroatoms. The maximum absolute atomic E-state index is 13.8. The van der Waals surface area contributed by atoms with Crippen LogP contribution in [0.5, 0.6) is 0 Å². The molecular weight excluding hydrogens is 516 g/mol. The van der Waals surface area contributed by atoms with Gasteiger partial charge in [-0.05, 0) is 62.7 Å². The summed E-state index contributed by atoms with van der Waals surface area (Å²) in [5.41, 5.74) is -0.705. The smallest absolute Gasteiger partial charge is 0.336 e. The van der Waals surface area contributed by atoms with Crippen LogP contribution in [0, 0.1) is 40.4 Å². The van der Waals surface area contributed by atoms with E-state index >= 15 is 0 Å². The number of aliphatic hydroxyl groups excluding tert-OH is 2. The van der Waals surface area contributed by atoms with Crippen LogP contribution in [0.25, 0.3) is 0 Å². The van der Waals surface area contributed by atoms with Gasteiger partial charge < -0.3 is 29.2 Å². The molecule has 1 saturated heterocycles. The molecule has 0 aromatic heterocycles. The Bertz CT molecular complexity index is 1150. The molecule has 2 N–H and O–H groups in total. The Hall–Kier alpha value is -1.81. The van der Waals surface area contributed by atoms with Gasteiger partial charge in [0, 0.05) is 38.7 Å². The van der Waals surface area contributed by atoms with Gasteiger partial charge in [0.25, 0.3) is 0 Å². The molecule has 6 rings (SSSR count). The fourth-order valence-electron chi connectivity index (χ4n) is 10.6. The first-order valence-electron chi connectivity index (χ1n) is 14.9. The molecule has 13 unspecified atom stereocenters. The Labute approximate surface area is 235 Å². The lowest BCUT2D eigenvalue weighted by Crippen LogP contribution is -2.68. The lowest BCUT2D eigenvalue weighted by Gasteiger charge is -2.59. The van der Waals surface area contributed by atoms with Crippen LogP contribution >= 0.6 is 0 Å². The first kappa shape index (κ1) is 28.3. The first-order valence-corrected chi connectivity index (χ1v) is 14.9. The number of aliphatic hydroxyl groups is 2. The second kappa shape index (κ2) is 9.35. The number of epoxide rings is 1. The van der Waals surface area contributed by atoms with Crippen LogP contribution in [0.2, 0.25) is 0 Å². The third-order valence-electron chi connectivity index (χ3n) is 12.5. The van der Waals surface area contributed by atoms with Gasteiger partial charge in [0.2, 0.25) is 0 Å². The topological polar surface area (TPSA) is 132 Å². The number of Topliss-reactive ketones (excluding diaryl/α,β-unsaturated/α-hetero) is 1. The van der Waals surface area contributed by atoms with Gasteiger partial charge in [-0.2, -0.15) is 0 Å². The zero-order chi connectivity index (χ0) is 28.9. The van der Waals surface area contributed by atoms with E-state index < -0.39 is 29.2 Å². The molecule has 0 radical (unpaired) electrons. The van der Waals surface area contributed by atoms with E-state index in [0.29, 0.717) is 18.4 Å². The zero-order valence-corrected chi connectivity index (χ0v) is 24.5. The van der Waals surface area contributed by atoms with Gasteiger partial charge in [-0.25, -0.2) is 4.79 Å². The molecular formula is C31H44O9. The van der Waals surface area contributed by atoms with E-state index in [4.69, 9.17) is 18.9 Å². The van der Waals surface area contributed by atoms with Crippen molar-refractivity contribution in [3.8, 4) is 0 Å². The summed E-state index contributed by atoms with van der Waals surface area (Å²) in [6.45, 7) is 9.38. The number of hydrogen-bond acceptors (Lipinski definition) is 9. The van der Waals surface area contributed by atoms with Crippen molar-refractivity contribution >= 4 is 17.7 Å². The first-order chi connectivity index (χ1) is 18.8. The van der Waals surface area contributed by atoms with Crippen molar-refractivity contribution in [1.82, 2.24) is 0 Å². The summed E-state index contributed by atoms with van der Waals surface area (Å²) in [5, 5.41) is 21.0. The van der Waals surface area contributed by atoms with E-state index in [2.05, 4.69) is 13.8 Å². The summed E-state index contributed by atoms with van der Waals surface area (Å²) in [5.74, 6) is -0.359. The molecule has 5 fully saturated rings. The van der Waals surface area contributed by atoms with Gasteiger partial charge in [0.15, 0.2) is 0 Å². The van der Waals surface area contributed by atoms with E-state index in [1.165, 1.54) is 14.0 Å². The molecule has 0 amide bonds. The van der Waals surface area contributed by atoms with Gasteiger partial charge in [-0.3, -0.25) is 9.59 Å². The lowest BCUT2D eigenvalue weighted by molar-refractivity contribution is -0.184. The summed E-state index contributed by atoms with van der Waals surface area (Å²) >= 11 is 0. The normalized spacial score (nSPS) is 50.2. The SMILES string of the molecule is COC1CC(=O)C2(C)C3CCC4(C)C(CC(OC(C)=O)C4C(C)C4CC(C)=C(CO)C(=O)O4)C3CC3OC32C1O. The molecule has 0 aromatic carbocycles. The Morgan fingerprint density at radius 1 is 1.15 bits per heavy atom. The van der Waals surface area contributed by atoms with Crippen LogP contribution in [0.4, 0.5) is 0 Å². The number of ketones is 1. The van der Waals surface area contributed by atoms with Crippen molar-refractivity contribution in [2.45, 2.75) is 109 Å². The van der Waals surface area contributed by atoms with Gasteiger partial charge in [0.05, 0.1) is 29.8 Å². The van der Waals surface area contributed by atoms with E-state index in [1.807, 2.05) is 13.8 Å². The average Bonchev–Trinajstić information content (AvgIpc) is 3.55. The van der Waals surface area contributed by atoms with Crippen LogP contribution in [-0.2, 0) is 33.3 Å². The van der Waals surface area contributed by atoms with Crippen molar-refractivity contribution in [2.24, 2.45) is 40.4 Å². The second-order valence-corrected chi connectivity index (χ2v) is 13.9. The number of carbonyl (C=O) groups is 3. The van der Waals surface area contributed by atoms with Gasteiger partial charge >= 0.3 is 11.9 Å². The monoisotopic (exact) mass is 560 g/mol. The molecule has 13 atom stereocenters. The van der Waals surface area contributed by atoms with Crippen molar-refractivity contribution in [3.63, 3.8) is 0 Å². The van der Waals surface area contributed by atoms with Crippen LogP contribution in [0.1, 0.15) is 73.1 Å². The van der Waals surface area contributed by atoms with Crippen molar-refractivity contribution in [3.05, 3.63) is 11.1 Å². The molecule has 2 aliphatic heterocycles. The number of hydrogen-bond donors (Lipinski definition) is 2. The molecule has 1 spiro atoms. The maximum atomic E-state index is 13.8. The number of esters is 2. The fourth-order valence-corrected chi connectivity index (χ4v) is 10.6. The quantitative estimate of drug-likeness (QED) is 0.385. The molecule has 4 saturated carbocycles. The summed E-state index contributed by atoms with van der Waals surface area (Å²) in [4.78, 5) is 38.8. The summed E-state index contributed by atoms with van der Waals surface area (Å²) in [6.07, 6.45) is 1.54. The van der Waals surface area contributed by atoms with Crippen LogP contribution in [0.15, 0.2) is 11.1 Å². The van der Waals surface area contributed by atoms with Crippen molar-refractivity contribution < 1.29 is 43.5 Å². The number of cyclic esters (lactones) is 1. The van der Waals surface area contributed by atoms with Crippen molar-refractivity contribution in [2.75, 3.05) is 13.7 Å². The lowest BCUT2D eigenvalue weighted by atomic mass is 9.43. The molecule has 0 aromatic rings. The minimum Gasteiger partial charge on any atom is -0.462 e. The fraction of sp³-hybridized carbons (Fsp3) is 0.839. The number of ether oxygens (including phenoxy) is 4. The Balaban J connectivity index is 1.33. The van der Waals surface area contributed by atoms with E-state index in [0.717, 1.165) is 24.8 Å². The average molecular weight is 561 g/mol. The Kier molecular flexibility index (Phi) is 6.62. The predicted molar refractivity (Wildman–Crippen MR) is 142 cm³/mol. The summed E-state index contributed by atoms with van der Waals surface area (Å²) in [6, 6.07) is 0. The largest absolute Gasteiger partial charge is 0.462 e. The highest BCUT2D eigenvalue weighted by Gasteiger charge is 2.82. The highest BCUT2D eigenvalue weighted by Crippen LogP contribution is 2.74. The second-order valence-electron chi connectivity index (χ2n) is 13.9. The summed E-state index contributed by atoms with van der Waals surface area (Å²) in [7, 11) is 1.54. The number of fused-ring (bicyclic) bond motifs is 4. The van der Waals surface area contributed by atoms with Crippen LogP contribution < -0.4 is 0 Å². The summed E-state index contributed by atoms with van der Waals surface area (Å²) < 4.78 is 23.7. The minimum atomic E-state index is -0.886. The van der Waals surface area contributed by atoms with E-state index in [9.17, 15) is 24.6 Å². The van der Waals surface area contributed by atoms with E-state index in [1.54, 1.807) is 0 Å². The number of carbonyl (C=O) groups excluding carboxylic acids is 3. The molecule has 6 aliphatic rings. The van der Waals surface area contributed by atoms with Crippen LogP contribution in [-0.4, -0.2) is 77.8 Å². The zero-order valence-electron chi connectivity index (χ0n) is 24.5. The number of methoxy groups -OCH3 is 1. The van der Waals surface area contributed by atoms with E-state index in [-0.39, 0.29) is 78.1 Å². The third kappa shape index (κ3) is 3.56. The number of rotatable bonds is 5. The Morgan fingerprint density at radius 2 is 1.88 bits per heavy atom. The van der Waals surface area contributed by atoms with Gasteiger partial charge in [-0.15, -0.1) is 0 Å². The van der Waals surface area contributed by atoms with Gasteiger partial charge in [0.1, 0.15) is 29.7 Å². The molecule has 9 nitrogen and oxygen atoms in total. The Morgan fingerprint density at radius 3 is 2.50 bits per heavy atom. The third-order valence-corrected chi connectivity index (χ3v) is 12.5. The predicted octanol–water partition coefficient (Wildman–Crippen LogP) is 2.74. The van der Waals surface area contributed by atoms with Crippen molar-refractivity contribution in [1.29, 1.82) is 0 Å². The molecule has 2 heterocycles. The highest BCUT2D eigenvalue weighted by atomic mass is 16.6. The molecule has 40 heavy (non-hydrogen) atoms. The maximum Gasteiger partial charge on any atom is 0.336 e. The van der Waals surface area contributed by atoms with Crippen LogP contribution in [0.3, 0.4) is 0 Å². The minimum absolute atomic E-state index is 0.0336. The molecule has 4 aliphatic carbocycles. The molecule has 222 valence electrons. The standard InChI is InChI=1S/C31H44O9/c1-14-9-21(39-28(36)18(14)13-32)15(2)26-22(38-16(3)33)11-20-17-10-25-31(40-25)27(35)23(37-6)12-24(34)30(31,5)19(17)7-8-29(20,26)4/h15,17,19-23,25-27,32,35H,7-13H2,1-6H3.